The van der Waals surface area contributed by atoms with Gasteiger partial charge in [-0.05, 0) is 56.9 Å². The number of hydroxylamine groups is 2. The molecular formula is C32H42N5O9P. The standard InChI is InChI=1S/C32H42N5O9P/c1-18(2)37(46-47(34)42)31(4,5)27(29(39)43-17-24-22-12-8-6-10-20(22)21-11-7-9-13-23(21)24)45-32(41)14-26(44-25(32)15-33)36-16-19(3)28(38)35-30(36)40/h6-13,16,18,24-27,41-42H,14-15,17,33-34H2,1-5H3,(H,35,38,40)/t25-,26-,27?,32-,47?/m1/s1. The van der Waals surface area contributed by atoms with Crippen molar-refractivity contribution in [1.29, 1.82) is 0 Å². The van der Waals surface area contributed by atoms with Crippen LogP contribution in [0.5, 0.6) is 0 Å². The van der Waals surface area contributed by atoms with Gasteiger partial charge in [-0.2, -0.15) is 5.06 Å². The molecule has 0 saturated carbocycles. The Balaban J connectivity index is 1.48. The number of nitrogens with two attached hydrogens (primary N) is 2. The van der Waals surface area contributed by atoms with Crippen molar-refractivity contribution < 1.29 is 33.6 Å². The fraction of sp³-hybridized carbons (Fsp3) is 0.469. The molecule has 1 fully saturated rings. The number of nitrogens with zero attached hydrogens (tertiary/aromatic N) is 2. The zero-order valence-electron chi connectivity index (χ0n) is 27.0. The van der Waals surface area contributed by atoms with Crippen LogP contribution in [0.1, 0.15) is 63.0 Å². The van der Waals surface area contributed by atoms with Crippen molar-refractivity contribution in [1.82, 2.24) is 14.6 Å². The maximum absolute atomic E-state index is 14.2. The molecule has 0 amide bonds. The zero-order valence-corrected chi connectivity index (χ0v) is 27.8. The Labute approximate surface area is 273 Å². The second kappa shape index (κ2) is 13.7. The highest BCUT2D eigenvalue weighted by Crippen LogP contribution is 2.45. The van der Waals surface area contributed by atoms with Gasteiger partial charge in [-0.3, -0.25) is 19.8 Å². The number of aromatic nitrogens is 2. The van der Waals surface area contributed by atoms with Crippen molar-refractivity contribution in [2.24, 2.45) is 11.2 Å². The Hall–Kier alpha value is -3.30. The van der Waals surface area contributed by atoms with E-state index in [4.69, 9.17) is 30.1 Å². The number of aromatic amines is 1. The number of esters is 1. The predicted molar refractivity (Wildman–Crippen MR) is 174 cm³/mol. The van der Waals surface area contributed by atoms with Crippen LogP contribution in [0.3, 0.4) is 0 Å². The summed E-state index contributed by atoms with van der Waals surface area (Å²) in [5.41, 5.74) is 13.3. The molecule has 14 nitrogen and oxygen atoms in total. The van der Waals surface area contributed by atoms with Crippen molar-refractivity contribution in [3.05, 3.63) is 92.3 Å². The molecule has 0 bridgehead atoms. The van der Waals surface area contributed by atoms with Crippen molar-refractivity contribution in [2.45, 2.75) is 82.8 Å². The maximum atomic E-state index is 14.2. The van der Waals surface area contributed by atoms with Gasteiger partial charge in [0.25, 0.3) is 14.1 Å². The number of hydrogen-bond donors (Lipinski definition) is 5. The van der Waals surface area contributed by atoms with Gasteiger partial charge < -0.3 is 29.9 Å². The lowest BCUT2D eigenvalue weighted by molar-refractivity contribution is -0.288. The van der Waals surface area contributed by atoms with Crippen LogP contribution >= 0.6 is 8.53 Å². The summed E-state index contributed by atoms with van der Waals surface area (Å²) in [4.78, 5) is 51.1. The highest BCUT2D eigenvalue weighted by Gasteiger charge is 2.55. The summed E-state index contributed by atoms with van der Waals surface area (Å²) >= 11 is 0. The monoisotopic (exact) mass is 671 g/mol. The number of fused-ring (bicyclic) bond motifs is 3. The third-order valence-corrected chi connectivity index (χ3v) is 9.05. The first kappa shape index (κ1) is 35.0. The third-order valence-electron chi connectivity index (χ3n) is 8.70. The van der Waals surface area contributed by atoms with Gasteiger partial charge in [0.2, 0.25) is 0 Å². The number of rotatable bonds is 12. The Morgan fingerprint density at radius 3 is 2.32 bits per heavy atom. The summed E-state index contributed by atoms with van der Waals surface area (Å²) in [7, 11) is -2.40. The predicted octanol–water partition coefficient (Wildman–Crippen LogP) is 2.12. The Kier molecular flexibility index (Phi) is 10.2. The minimum absolute atomic E-state index is 0.0289. The average Bonchev–Trinajstić information content (AvgIpc) is 3.53. The van der Waals surface area contributed by atoms with Crippen LogP contribution < -0.4 is 22.5 Å². The molecule has 5 rings (SSSR count). The second-order valence-electron chi connectivity index (χ2n) is 12.7. The van der Waals surface area contributed by atoms with Gasteiger partial charge >= 0.3 is 11.7 Å². The van der Waals surface area contributed by atoms with Crippen LogP contribution in [0, 0.1) is 6.92 Å². The Morgan fingerprint density at radius 2 is 1.77 bits per heavy atom. The first-order valence-corrected chi connectivity index (χ1v) is 16.6. The summed E-state index contributed by atoms with van der Waals surface area (Å²) in [6.45, 7) is 8.05. The van der Waals surface area contributed by atoms with Crippen molar-refractivity contribution in [3.8, 4) is 11.1 Å². The van der Waals surface area contributed by atoms with E-state index in [2.05, 4.69) is 4.98 Å². The van der Waals surface area contributed by atoms with E-state index in [1.165, 1.54) is 18.2 Å². The minimum atomic E-state index is -2.40. The van der Waals surface area contributed by atoms with Crippen LogP contribution in [0.2, 0.25) is 0 Å². The molecule has 1 aromatic heterocycles. The molecule has 5 atom stereocenters. The van der Waals surface area contributed by atoms with E-state index in [9.17, 15) is 24.4 Å². The molecule has 7 N–H and O–H groups in total. The van der Waals surface area contributed by atoms with E-state index in [0.717, 1.165) is 26.8 Å². The van der Waals surface area contributed by atoms with Crippen LogP contribution in [-0.4, -0.2) is 73.3 Å². The first-order valence-electron chi connectivity index (χ1n) is 15.3. The van der Waals surface area contributed by atoms with Gasteiger partial charge in [0.05, 0.1) is 5.54 Å². The molecule has 3 aromatic rings. The number of ether oxygens (including phenoxy) is 3. The Bertz CT molecular complexity index is 1680. The molecule has 0 radical (unpaired) electrons. The zero-order chi connectivity index (χ0) is 34.3. The fourth-order valence-corrected chi connectivity index (χ4v) is 7.07. The molecule has 2 aliphatic rings. The van der Waals surface area contributed by atoms with E-state index < -0.39 is 61.5 Å². The number of nitrogens with one attached hydrogen (secondary N) is 1. The fourth-order valence-electron chi connectivity index (χ4n) is 6.49. The number of benzene rings is 2. The maximum Gasteiger partial charge on any atom is 0.337 e. The number of aliphatic hydroxyl groups is 1. The molecule has 2 heterocycles. The Morgan fingerprint density at radius 1 is 1.17 bits per heavy atom. The molecule has 2 unspecified atom stereocenters. The van der Waals surface area contributed by atoms with Gasteiger partial charge in [-0.15, -0.1) is 0 Å². The lowest BCUT2D eigenvalue weighted by Crippen LogP contribution is -2.62. The smallest absolute Gasteiger partial charge is 0.337 e. The molecule has 254 valence electrons. The highest BCUT2D eigenvalue weighted by atomic mass is 31.2. The minimum Gasteiger partial charge on any atom is -0.463 e. The van der Waals surface area contributed by atoms with E-state index in [1.54, 1.807) is 27.7 Å². The van der Waals surface area contributed by atoms with Crippen LogP contribution in [0.15, 0.2) is 64.3 Å². The van der Waals surface area contributed by atoms with E-state index in [1.807, 2.05) is 48.5 Å². The van der Waals surface area contributed by atoms with Gasteiger partial charge in [-0.1, -0.05) is 48.5 Å². The van der Waals surface area contributed by atoms with E-state index in [0.29, 0.717) is 0 Å². The number of carbonyl (C=O) groups excluding carboxylic acids is 1. The van der Waals surface area contributed by atoms with Crippen molar-refractivity contribution in [2.75, 3.05) is 13.2 Å². The average molecular weight is 672 g/mol. The molecule has 1 aliphatic heterocycles. The normalized spacial score (nSPS) is 22.4. The number of aryl methyl sites for hydroxylation is 1. The van der Waals surface area contributed by atoms with E-state index >= 15 is 0 Å². The number of H-pyrrole nitrogens is 1. The van der Waals surface area contributed by atoms with Crippen molar-refractivity contribution >= 4 is 14.5 Å². The van der Waals surface area contributed by atoms with Gasteiger partial charge in [0, 0.05) is 36.7 Å². The van der Waals surface area contributed by atoms with Gasteiger partial charge in [-0.25, -0.2) is 14.2 Å². The highest BCUT2D eigenvalue weighted by molar-refractivity contribution is 7.43. The van der Waals surface area contributed by atoms with Crippen LogP contribution in [0.25, 0.3) is 11.1 Å². The lowest BCUT2D eigenvalue weighted by Gasteiger charge is -2.45. The third kappa shape index (κ3) is 6.84. The number of carbonyl (C=O) groups is 1. The topological polar surface area (TPSA) is 205 Å². The molecule has 2 aromatic carbocycles. The molecule has 47 heavy (non-hydrogen) atoms. The summed E-state index contributed by atoms with van der Waals surface area (Å²) in [6.07, 6.45) is -2.84. The molecular weight excluding hydrogens is 629 g/mol. The summed E-state index contributed by atoms with van der Waals surface area (Å²) in [5, 5.41) is 13.3. The molecule has 1 aliphatic carbocycles. The van der Waals surface area contributed by atoms with Crippen LogP contribution in [-0.2, 0) is 23.6 Å². The lowest BCUT2D eigenvalue weighted by atomic mass is 9.94. The summed E-state index contributed by atoms with van der Waals surface area (Å²) in [6, 6.07) is 15.4. The van der Waals surface area contributed by atoms with Gasteiger partial charge in [0.15, 0.2) is 11.9 Å². The van der Waals surface area contributed by atoms with Gasteiger partial charge in [0.1, 0.15) is 18.9 Å². The molecule has 0 spiro atoms. The van der Waals surface area contributed by atoms with Crippen molar-refractivity contribution in [3.63, 3.8) is 0 Å². The summed E-state index contributed by atoms with van der Waals surface area (Å²) in [5.74, 6) is -3.28. The number of hydrogen-bond acceptors (Lipinski definition) is 12. The summed E-state index contributed by atoms with van der Waals surface area (Å²) < 4.78 is 25.0. The van der Waals surface area contributed by atoms with Crippen LogP contribution in [0.4, 0.5) is 0 Å². The quantitative estimate of drug-likeness (QED) is 0.0813. The second-order valence-corrected chi connectivity index (χ2v) is 13.4. The van der Waals surface area contributed by atoms with E-state index in [-0.39, 0.29) is 31.1 Å². The molecule has 15 heteroatoms. The largest absolute Gasteiger partial charge is 0.463 e. The first-order chi connectivity index (χ1) is 22.2. The SMILES string of the molecule is Cc1cn([C@H]2C[C@@](O)(OC(C(=O)OCC3c4ccccc4-c4ccccc43)C(C)(C)N(OP(N)O)C(C)C)[C@@H](CN)O2)c(=O)[nH]c1=O. The molecule has 1 saturated heterocycles.